The fraction of sp³-hybridized carbons (Fsp3) is 0.533. The quantitative estimate of drug-likeness (QED) is 0.749. The molecule has 0 aliphatic heterocycles. The summed E-state index contributed by atoms with van der Waals surface area (Å²) in [5, 5.41) is 0. The molecule has 1 aromatic carbocycles. The molecule has 0 saturated carbocycles. The lowest BCUT2D eigenvalue weighted by Gasteiger charge is -2.23. The number of halogens is 1. The normalized spacial score (nSPS) is 12.3. The van der Waals surface area contributed by atoms with Crippen molar-refractivity contribution in [1.82, 2.24) is 4.90 Å². The van der Waals surface area contributed by atoms with Gasteiger partial charge >= 0.3 is 0 Å². The second kappa shape index (κ2) is 7.53. The summed E-state index contributed by atoms with van der Waals surface area (Å²) in [5.41, 5.74) is 1.03. The Labute approximate surface area is 124 Å². The average molecular weight is 328 g/mol. The summed E-state index contributed by atoms with van der Waals surface area (Å²) in [6, 6.07) is 7.83. The van der Waals surface area contributed by atoms with Crippen LogP contribution in [0, 0.1) is 5.92 Å². The minimum Gasteiger partial charge on any atom is -0.494 e. The van der Waals surface area contributed by atoms with Crippen molar-refractivity contribution < 1.29 is 9.53 Å². The van der Waals surface area contributed by atoms with Crippen LogP contribution in [-0.2, 0) is 11.3 Å². The van der Waals surface area contributed by atoms with E-state index in [0.29, 0.717) is 13.2 Å². The first-order chi connectivity index (χ1) is 8.97. The van der Waals surface area contributed by atoms with Crippen LogP contribution in [0.4, 0.5) is 0 Å². The number of rotatable bonds is 6. The lowest BCUT2D eigenvalue weighted by Crippen LogP contribution is -2.35. The van der Waals surface area contributed by atoms with E-state index in [2.05, 4.69) is 15.9 Å². The number of ether oxygens (including phenoxy) is 1. The van der Waals surface area contributed by atoms with E-state index in [1.54, 1.807) is 4.90 Å². The average Bonchev–Trinajstić information content (AvgIpc) is 2.39. The predicted molar refractivity (Wildman–Crippen MR) is 81.6 cm³/mol. The van der Waals surface area contributed by atoms with Crippen molar-refractivity contribution in [2.75, 3.05) is 13.7 Å². The number of carbonyl (C=O) groups excluding carboxylic acids is 1. The molecule has 1 unspecified atom stereocenters. The predicted octanol–water partition coefficient (Wildman–Crippen LogP) is 3.46. The Hall–Kier alpha value is -1.03. The Morgan fingerprint density at radius 2 is 2.00 bits per heavy atom. The third kappa shape index (κ3) is 4.53. The zero-order chi connectivity index (χ0) is 14.4. The molecule has 106 valence electrons. The molecule has 0 saturated heterocycles. The Balaban J connectivity index is 2.76. The summed E-state index contributed by atoms with van der Waals surface area (Å²) < 4.78 is 5.58. The van der Waals surface area contributed by atoms with E-state index in [-0.39, 0.29) is 16.7 Å². The molecule has 0 fully saturated rings. The summed E-state index contributed by atoms with van der Waals surface area (Å²) >= 11 is 3.45. The van der Waals surface area contributed by atoms with Crippen LogP contribution in [0.3, 0.4) is 0 Å². The van der Waals surface area contributed by atoms with Gasteiger partial charge in [-0.15, -0.1) is 0 Å². The molecule has 0 heterocycles. The van der Waals surface area contributed by atoms with Crippen LogP contribution >= 0.6 is 15.9 Å². The lowest BCUT2D eigenvalue weighted by molar-refractivity contribution is -0.130. The number of hydrogen-bond acceptors (Lipinski definition) is 2. The molecule has 1 atom stereocenters. The Bertz CT molecular complexity index is 420. The third-order valence-corrected chi connectivity index (χ3v) is 4.33. The van der Waals surface area contributed by atoms with Gasteiger partial charge in [0.25, 0.3) is 0 Å². The maximum Gasteiger partial charge on any atom is 0.236 e. The van der Waals surface area contributed by atoms with Crippen molar-refractivity contribution >= 4 is 21.8 Å². The Morgan fingerprint density at radius 1 is 1.37 bits per heavy atom. The second-order valence-corrected chi connectivity index (χ2v) is 5.87. The van der Waals surface area contributed by atoms with E-state index in [9.17, 15) is 4.79 Å². The summed E-state index contributed by atoms with van der Waals surface area (Å²) in [6.45, 7) is 7.20. The van der Waals surface area contributed by atoms with Gasteiger partial charge in [0, 0.05) is 19.2 Å². The highest BCUT2D eigenvalue weighted by Crippen LogP contribution is 2.21. The minimum absolute atomic E-state index is 0.0984. The molecule has 19 heavy (non-hydrogen) atoms. The summed E-state index contributed by atoms with van der Waals surface area (Å²) in [5.74, 6) is 1.22. The number of hydrogen-bond donors (Lipinski definition) is 0. The van der Waals surface area contributed by atoms with Crippen molar-refractivity contribution in [2.24, 2.45) is 5.92 Å². The Morgan fingerprint density at radius 3 is 2.58 bits per heavy atom. The summed E-state index contributed by atoms with van der Waals surface area (Å²) in [4.78, 5) is 13.8. The molecule has 0 N–H and O–H groups in total. The van der Waals surface area contributed by atoms with Gasteiger partial charge in [0.1, 0.15) is 5.75 Å². The third-order valence-electron chi connectivity index (χ3n) is 2.88. The first-order valence-corrected chi connectivity index (χ1v) is 7.48. The van der Waals surface area contributed by atoms with Crippen LogP contribution in [0.5, 0.6) is 5.75 Å². The lowest BCUT2D eigenvalue weighted by atomic mass is 10.1. The molecule has 0 aliphatic rings. The highest BCUT2D eigenvalue weighted by Gasteiger charge is 2.22. The van der Waals surface area contributed by atoms with Gasteiger partial charge in [-0.25, -0.2) is 0 Å². The molecule has 0 radical (unpaired) electrons. The number of nitrogens with zero attached hydrogens (tertiary/aromatic N) is 1. The van der Waals surface area contributed by atoms with Gasteiger partial charge < -0.3 is 9.64 Å². The van der Waals surface area contributed by atoms with Crippen molar-refractivity contribution in [2.45, 2.75) is 32.1 Å². The first kappa shape index (κ1) is 16.0. The molecule has 0 aromatic heterocycles. The van der Waals surface area contributed by atoms with E-state index < -0.39 is 0 Å². The molecule has 0 bridgehead atoms. The van der Waals surface area contributed by atoms with Crippen LogP contribution in [0.2, 0.25) is 0 Å². The molecule has 0 spiro atoms. The zero-order valence-corrected chi connectivity index (χ0v) is 13.6. The number of carbonyl (C=O) groups is 1. The fourth-order valence-electron chi connectivity index (χ4n) is 1.76. The molecular formula is C15H22BrNO2. The summed E-state index contributed by atoms with van der Waals surface area (Å²) in [6.07, 6.45) is 0. The van der Waals surface area contributed by atoms with Crippen LogP contribution < -0.4 is 4.74 Å². The van der Waals surface area contributed by atoms with E-state index >= 15 is 0 Å². The van der Waals surface area contributed by atoms with Gasteiger partial charge in [-0.3, -0.25) is 4.79 Å². The molecule has 0 aliphatic carbocycles. The zero-order valence-electron chi connectivity index (χ0n) is 12.0. The van der Waals surface area contributed by atoms with Gasteiger partial charge in [-0.1, -0.05) is 48.0 Å². The maximum absolute atomic E-state index is 12.2. The van der Waals surface area contributed by atoms with Crippen molar-refractivity contribution in [3.8, 4) is 5.75 Å². The highest BCUT2D eigenvalue weighted by atomic mass is 79.9. The van der Waals surface area contributed by atoms with E-state index in [0.717, 1.165) is 11.3 Å². The first-order valence-electron chi connectivity index (χ1n) is 6.57. The second-order valence-electron chi connectivity index (χ2n) is 4.88. The SMILES string of the molecule is CCOc1ccccc1CN(C)C(=O)C(Br)C(C)C. The largest absolute Gasteiger partial charge is 0.494 e. The van der Waals surface area contributed by atoms with Gasteiger partial charge in [-0.2, -0.15) is 0 Å². The van der Waals surface area contributed by atoms with Crippen molar-refractivity contribution in [3.63, 3.8) is 0 Å². The smallest absolute Gasteiger partial charge is 0.236 e. The van der Waals surface area contributed by atoms with Gasteiger partial charge in [-0.05, 0) is 18.9 Å². The van der Waals surface area contributed by atoms with Gasteiger partial charge in [0.15, 0.2) is 0 Å². The van der Waals surface area contributed by atoms with Crippen molar-refractivity contribution in [3.05, 3.63) is 29.8 Å². The van der Waals surface area contributed by atoms with Crippen LogP contribution in [0.25, 0.3) is 0 Å². The molecule has 1 aromatic rings. The van der Waals surface area contributed by atoms with Gasteiger partial charge in [0.05, 0.1) is 11.4 Å². The molecule has 4 heteroatoms. The van der Waals surface area contributed by atoms with Gasteiger partial charge in [0.2, 0.25) is 5.91 Å². The molecule has 1 rings (SSSR count). The van der Waals surface area contributed by atoms with E-state index in [1.165, 1.54) is 0 Å². The van der Waals surface area contributed by atoms with Crippen LogP contribution in [-0.4, -0.2) is 29.3 Å². The van der Waals surface area contributed by atoms with E-state index in [1.807, 2.05) is 52.1 Å². The fourth-order valence-corrected chi connectivity index (χ4v) is 2.11. The van der Waals surface area contributed by atoms with Crippen LogP contribution in [0.15, 0.2) is 24.3 Å². The number of para-hydroxylation sites is 1. The number of alkyl halides is 1. The monoisotopic (exact) mass is 327 g/mol. The Kier molecular flexibility index (Phi) is 6.35. The summed E-state index contributed by atoms with van der Waals surface area (Å²) in [7, 11) is 1.82. The topological polar surface area (TPSA) is 29.5 Å². The minimum atomic E-state index is -0.142. The molecule has 3 nitrogen and oxygen atoms in total. The standard InChI is InChI=1S/C15H22BrNO2/c1-5-19-13-9-7-6-8-12(13)10-17(4)15(18)14(16)11(2)3/h6-9,11,14H,5,10H2,1-4H3. The number of amides is 1. The van der Waals surface area contributed by atoms with Crippen molar-refractivity contribution in [1.29, 1.82) is 0 Å². The van der Waals surface area contributed by atoms with Crippen LogP contribution in [0.1, 0.15) is 26.3 Å². The molecular weight excluding hydrogens is 306 g/mol. The highest BCUT2D eigenvalue weighted by molar-refractivity contribution is 9.10. The van der Waals surface area contributed by atoms with E-state index in [4.69, 9.17) is 4.74 Å². The number of benzene rings is 1. The molecule has 1 amide bonds. The maximum atomic E-state index is 12.2.